The lowest BCUT2D eigenvalue weighted by Crippen LogP contribution is -2.30. The second-order valence-corrected chi connectivity index (χ2v) is 5.15. The first-order valence-corrected chi connectivity index (χ1v) is 6.59. The van der Waals surface area contributed by atoms with Crippen LogP contribution >= 0.6 is 0 Å². The Bertz CT molecular complexity index is 454. The number of aliphatic hydroxyl groups excluding tert-OH is 1. The molecule has 1 unspecified atom stereocenters. The molecule has 0 radical (unpaired) electrons. The molecule has 1 aliphatic rings. The van der Waals surface area contributed by atoms with Gasteiger partial charge in [0.25, 0.3) is 0 Å². The lowest BCUT2D eigenvalue weighted by Gasteiger charge is -2.24. The molecule has 0 saturated heterocycles. The van der Waals surface area contributed by atoms with Crippen molar-refractivity contribution in [3.8, 4) is 11.8 Å². The third-order valence-corrected chi connectivity index (χ3v) is 3.67. The summed E-state index contributed by atoms with van der Waals surface area (Å²) in [6.07, 6.45) is 2.76. The summed E-state index contributed by atoms with van der Waals surface area (Å²) in [6, 6.07) is 8.93. The topological polar surface area (TPSA) is 23.5 Å². The highest BCUT2D eigenvalue weighted by molar-refractivity contribution is 5.37. The fourth-order valence-electron chi connectivity index (χ4n) is 2.26. The van der Waals surface area contributed by atoms with Gasteiger partial charge in [-0.15, -0.1) is 0 Å². The van der Waals surface area contributed by atoms with E-state index in [9.17, 15) is 0 Å². The molecule has 1 fully saturated rings. The Hall–Kier alpha value is -1.30. The average molecular weight is 243 g/mol. The van der Waals surface area contributed by atoms with Crippen molar-refractivity contribution < 1.29 is 5.11 Å². The molecule has 18 heavy (non-hydrogen) atoms. The zero-order chi connectivity index (χ0) is 13.0. The second-order valence-electron chi connectivity index (χ2n) is 5.15. The Morgan fingerprint density at radius 1 is 1.44 bits per heavy atom. The van der Waals surface area contributed by atoms with E-state index in [1.807, 2.05) is 12.1 Å². The van der Waals surface area contributed by atoms with Gasteiger partial charge >= 0.3 is 0 Å². The van der Waals surface area contributed by atoms with Crippen LogP contribution in [0.4, 0.5) is 0 Å². The highest BCUT2D eigenvalue weighted by Crippen LogP contribution is 2.35. The van der Waals surface area contributed by atoms with Gasteiger partial charge in [0.05, 0.1) is 0 Å². The second kappa shape index (κ2) is 6.04. The molecule has 0 aromatic heterocycles. The number of aliphatic hydroxyl groups is 1. The van der Waals surface area contributed by atoms with Crippen LogP contribution in [0.1, 0.15) is 30.9 Å². The number of rotatable bonds is 4. The van der Waals surface area contributed by atoms with Gasteiger partial charge in [-0.05, 0) is 50.4 Å². The van der Waals surface area contributed by atoms with Crippen LogP contribution < -0.4 is 0 Å². The summed E-state index contributed by atoms with van der Waals surface area (Å²) in [5.41, 5.74) is 2.27. The van der Waals surface area contributed by atoms with Crippen LogP contribution in [0.25, 0.3) is 0 Å². The van der Waals surface area contributed by atoms with Crippen molar-refractivity contribution in [2.24, 2.45) is 5.92 Å². The lowest BCUT2D eigenvalue weighted by atomic mass is 10.1. The van der Waals surface area contributed by atoms with Crippen molar-refractivity contribution in [2.75, 3.05) is 13.7 Å². The Kier molecular flexibility index (Phi) is 4.41. The fraction of sp³-hybridized carbons (Fsp3) is 0.500. The SMILES string of the molecule is CC(C1CC1)N(C)Cc1cccc(C#CCO)c1. The van der Waals surface area contributed by atoms with E-state index in [0.29, 0.717) is 6.04 Å². The van der Waals surface area contributed by atoms with Gasteiger partial charge in [-0.3, -0.25) is 4.90 Å². The molecule has 0 spiro atoms. The van der Waals surface area contributed by atoms with Gasteiger partial charge in [0.15, 0.2) is 0 Å². The predicted molar refractivity (Wildman–Crippen MR) is 74.1 cm³/mol. The molecule has 0 bridgehead atoms. The molecule has 1 saturated carbocycles. The zero-order valence-electron chi connectivity index (χ0n) is 11.2. The maximum Gasteiger partial charge on any atom is 0.104 e. The first-order valence-electron chi connectivity index (χ1n) is 6.59. The first-order chi connectivity index (χ1) is 8.70. The molecule has 1 atom stereocenters. The lowest BCUT2D eigenvalue weighted by molar-refractivity contribution is 0.226. The van der Waals surface area contributed by atoms with Crippen molar-refractivity contribution in [3.63, 3.8) is 0 Å². The van der Waals surface area contributed by atoms with Crippen LogP contribution in [0, 0.1) is 17.8 Å². The minimum Gasteiger partial charge on any atom is -0.384 e. The largest absolute Gasteiger partial charge is 0.384 e. The maximum atomic E-state index is 8.70. The number of hydrogen-bond donors (Lipinski definition) is 1. The summed E-state index contributed by atoms with van der Waals surface area (Å²) < 4.78 is 0. The maximum absolute atomic E-state index is 8.70. The Morgan fingerprint density at radius 2 is 2.22 bits per heavy atom. The van der Waals surface area contributed by atoms with Crippen molar-refractivity contribution in [1.29, 1.82) is 0 Å². The van der Waals surface area contributed by atoms with E-state index in [4.69, 9.17) is 5.11 Å². The van der Waals surface area contributed by atoms with Crippen LogP contribution in [0.5, 0.6) is 0 Å². The summed E-state index contributed by atoms with van der Waals surface area (Å²) in [5.74, 6) is 6.54. The van der Waals surface area contributed by atoms with Gasteiger partial charge in [0.2, 0.25) is 0 Å². The van der Waals surface area contributed by atoms with E-state index in [1.54, 1.807) is 0 Å². The molecule has 1 aromatic rings. The summed E-state index contributed by atoms with van der Waals surface area (Å²) in [7, 11) is 2.19. The van der Waals surface area contributed by atoms with Crippen molar-refractivity contribution >= 4 is 0 Å². The molecule has 0 aliphatic heterocycles. The first kappa shape index (κ1) is 13.1. The van der Waals surface area contributed by atoms with E-state index in [2.05, 4.69) is 42.8 Å². The molecule has 1 aliphatic carbocycles. The van der Waals surface area contributed by atoms with Crippen molar-refractivity contribution in [3.05, 3.63) is 35.4 Å². The van der Waals surface area contributed by atoms with Gasteiger partial charge in [0, 0.05) is 18.2 Å². The van der Waals surface area contributed by atoms with E-state index < -0.39 is 0 Å². The molecular weight excluding hydrogens is 222 g/mol. The zero-order valence-corrected chi connectivity index (χ0v) is 11.2. The molecule has 2 nitrogen and oxygen atoms in total. The highest BCUT2D eigenvalue weighted by Gasteiger charge is 2.30. The minimum absolute atomic E-state index is 0.0805. The molecule has 2 heteroatoms. The van der Waals surface area contributed by atoms with Gasteiger partial charge in [-0.1, -0.05) is 24.0 Å². The normalized spacial score (nSPS) is 16.2. The Balaban J connectivity index is 1.99. The molecule has 0 amide bonds. The van der Waals surface area contributed by atoms with Crippen LogP contribution in [0.3, 0.4) is 0 Å². The summed E-state index contributed by atoms with van der Waals surface area (Å²) in [6.45, 7) is 3.20. The predicted octanol–water partition coefficient (Wildman–Crippen LogP) is 2.26. The van der Waals surface area contributed by atoms with Crippen LogP contribution in [-0.2, 0) is 6.54 Å². The highest BCUT2D eigenvalue weighted by atomic mass is 16.2. The molecule has 96 valence electrons. The minimum atomic E-state index is -0.0805. The van der Waals surface area contributed by atoms with Crippen LogP contribution in [0.2, 0.25) is 0 Å². The van der Waals surface area contributed by atoms with Gasteiger partial charge in [0.1, 0.15) is 6.61 Å². The summed E-state index contributed by atoms with van der Waals surface area (Å²) in [5, 5.41) is 8.70. The fourth-order valence-corrected chi connectivity index (χ4v) is 2.26. The van der Waals surface area contributed by atoms with Gasteiger partial charge < -0.3 is 5.11 Å². The number of benzene rings is 1. The summed E-state index contributed by atoms with van der Waals surface area (Å²) >= 11 is 0. The van der Waals surface area contributed by atoms with Crippen molar-refractivity contribution in [2.45, 2.75) is 32.4 Å². The smallest absolute Gasteiger partial charge is 0.104 e. The Labute approximate surface area is 110 Å². The summed E-state index contributed by atoms with van der Waals surface area (Å²) in [4.78, 5) is 2.41. The Morgan fingerprint density at radius 3 is 2.89 bits per heavy atom. The van der Waals surface area contributed by atoms with E-state index >= 15 is 0 Å². The van der Waals surface area contributed by atoms with E-state index in [0.717, 1.165) is 18.0 Å². The van der Waals surface area contributed by atoms with Gasteiger partial charge in [-0.25, -0.2) is 0 Å². The molecule has 1 aromatic carbocycles. The quantitative estimate of drug-likeness (QED) is 0.820. The van der Waals surface area contributed by atoms with Crippen molar-refractivity contribution in [1.82, 2.24) is 4.90 Å². The van der Waals surface area contributed by atoms with Gasteiger partial charge in [-0.2, -0.15) is 0 Å². The monoisotopic (exact) mass is 243 g/mol. The van der Waals surface area contributed by atoms with E-state index in [-0.39, 0.29) is 6.61 Å². The number of hydrogen-bond acceptors (Lipinski definition) is 2. The van der Waals surface area contributed by atoms with Crippen LogP contribution in [-0.4, -0.2) is 29.7 Å². The standard InChI is InChI=1S/C16H21NO/c1-13(16-8-9-16)17(2)12-15-6-3-5-14(11-15)7-4-10-18/h3,5-6,11,13,16,18H,8-10,12H2,1-2H3. The van der Waals surface area contributed by atoms with E-state index in [1.165, 1.54) is 18.4 Å². The third-order valence-electron chi connectivity index (χ3n) is 3.67. The molecular formula is C16H21NO. The number of nitrogens with zero attached hydrogens (tertiary/aromatic N) is 1. The third kappa shape index (κ3) is 3.60. The molecule has 2 rings (SSSR count). The molecule has 0 heterocycles. The van der Waals surface area contributed by atoms with Crippen LogP contribution in [0.15, 0.2) is 24.3 Å². The molecule has 1 N–H and O–H groups in total. The average Bonchev–Trinajstić information content (AvgIpc) is 3.20.